The molecule has 0 aromatic carbocycles. The lowest BCUT2D eigenvalue weighted by Gasteiger charge is -2.07. The first-order chi connectivity index (χ1) is 4.57. The van der Waals surface area contributed by atoms with Gasteiger partial charge in [-0.15, -0.1) is 0 Å². The standard InChI is InChI=1S/C7H15NO2.ClH/c1-5(2)4-6(8)7(9)10-3;/h5-6H,4,8H2,1-3H3;1H/t6-;/m1./s1. The van der Waals surface area contributed by atoms with Crippen LogP contribution >= 0.6 is 0 Å². The molecule has 0 heterocycles. The van der Waals surface area contributed by atoms with Crippen molar-refractivity contribution in [3.63, 3.8) is 0 Å². The summed E-state index contributed by atoms with van der Waals surface area (Å²) in [5.41, 5.74) is 3.67. The normalized spacial score (nSPS) is 12.1. The number of hydrogen-bond acceptors (Lipinski definition) is 2. The molecule has 0 aliphatic carbocycles. The maximum absolute atomic E-state index is 10.8. The highest BCUT2D eigenvalue weighted by Gasteiger charge is 2.18. The minimum atomic E-state index is -0.214. The van der Waals surface area contributed by atoms with Crippen LogP contribution in [-0.2, 0) is 9.53 Å². The van der Waals surface area contributed by atoms with Gasteiger partial charge in [0.2, 0.25) is 0 Å². The van der Waals surface area contributed by atoms with Crippen LogP contribution in [0.3, 0.4) is 0 Å². The van der Waals surface area contributed by atoms with E-state index in [1.165, 1.54) is 7.11 Å². The Morgan fingerprint density at radius 3 is 2.27 bits per heavy atom. The molecule has 4 heteroatoms. The first-order valence-corrected chi connectivity index (χ1v) is 3.48. The van der Waals surface area contributed by atoms with Crippen molar-refractivity contribution in [1.29, 1.82) is 0 Å². The Morgan fingerprint density at radius 2 is 2.00 bits per heavy atom. The maximum Gasteiger partial charge on any atom is 0.364 e. The molecule has 0 amide bonds. The molecule has 0 aliphatic heterocycles. The second kappa shape index (κ2) is 6.43. The van der Waals surface area contributed by atoms with Crippen LogP contribution < -0.4 is 18.1 Å². The number of quaternary nitrogens is 1. The fourth-order valence-corrected chi connectivity index (χ4v) is 0.832. The maximum atomic E-state index is 10.8. The number of carbonyl (C=O) groups excluding carboxylic acids is 1. The number of hydrogen-bond donors (Lipinski definition) is 1. The van der Waals surface area contributed by atoms with E-state index in [0.717, 1.165) is 6.42 Å². The molecule has 0 fully saturated rings. The first kappa shape index (κ1) is 13.3. The smallest absolute Gasteiger partial charge is 0.364 e. The van der Waals surface area contributed by atoms with Crippen LogP contribution in [0.25, 0.3) is 0 Å². The van der Waals surface area contributed by atoms with E-state index in [2.05, 4.69) is 24.3 Å². The van der Waals surface area contributed by atoms with Gasteiger partial charge in [-0.05, 0) is 5.92 Å². The molecule has 0 rings (SSSR count). The third-order valence-corrected chi connectivity index (χ3v) is 1.29. The monoisotopic (exact) mass is 181 g/mol. The molecule has 0 saturated heterocycles. The Morgan fingerprint density at radius 1 is 1.55 bits per heavy atom. The van der Waals surface area contributed by atoms with E-state index in [9.17, 15) is 4.79 Å². The Labute approximate surface area is 73.7 Å². The summed E-state index contributed by atoms with van der Waals surface area (Å²) < 4.78 is 4.51. The SMILES string of the molecule is COC(=O)[C@H]([NH3+])CC(C)C.[Cl-]. The van der Waals surface area contributed by atoms with E-state index in [1.54, 1.807) is 0 Å². The summed E-state index contributed by atoms with van der Waals surface area (Å²) in [7, 11) is 1.39. The van der Waals surface area contributed by atoms with E-state index in [1.807, 2.05) is 0 Å². The zero-order valence-electron chi connectivity index (χ0n) is 7.26. The molecule has 0 aromatic heterocycles. The highest BCUT2D eigenvalue weighted by molar-refractivity contribution is 5.73. The van der Waals surface area contributed by atoms with E-state index in [4.69, 9.17) is 0 Å². The van der Waals surface area contributed by atoms with Crippen LogP contribution in [0.15, 0.2) is 0 Å². The fourth-order valence-electron chi connectivity index (χ4n) is 0.832. The quantitative estimate of drug-likeness (QED) is 0.467. The van der Waals surface area contributed by atoms with E-state index in [-0.39, 0.29) is 24.4 Å². The molecule has 3 N–H and O–H groups in total. The number of ether oxygens (including phenoxy) is 1. The van der Waals surface area contributed by atoms with E-state index >= 15 is 0 Å². The highest BCUT2D eigenvalue weighted by atomic mass is 35.5. The summed E-state index contributed by atoms with van der Waals surface area (Å²) in [6, 6.07) is -0.204. The van der Waals surface area contributed by atoms with Crippen LogP contribution in [0.5, 0.6) is 0 Å². The van der Waals surface area contributed by atoms with Gasteiger partial charge in [-0.3, -0.25) is 0 Å². The second-order valence-electron chi connectivity index (χ2n) is 2.85. The number of methoxy groups -OCH3 is 1. The molecular weight excluding hydrogens is 166 g/mol. The molecule has 0 unspecified atom stereocenters. The zero-order chi connectivity index (χ0) is 8.15. The van der Waals surface area contributed by atoms with Crippen molar-refractivity contribution in [3.05, 3.63) is 0 Å². The van der Waals surface area contributed by atoms with Crippen molar-refractivity contribution in [2.45, 2.75) is 26.3 Å². The molecule has 0 aliphatic rings. The minimum absolute atomic E-state index is 0. The molecule has 3 nitrogen and oxygen atoms in total. The molecule has 0 radical (unpaired) electrons. The summed E-state index contributed by atoms with van der Waals surface area (Å²) in [6.07, 6.45) is 0.798. The highest BCUT2D eigenvalue weighted by Crippen LogP contribution is 2.01. The van der Waals surface area contributed by atoms with Gasteiger partial charge in [0.15, 0.2) is 6.04 Å². The van der Waals surface area contributed by atoms with Crippen LogP contribution in [0.4, 0.5) is 0 Å². The second-order valence-corrected chi connectivity index (χ2v) is 2.85. The molecular formula is C7H16ClNO2. The Balaban J connectivity index is 0. The average molecular weight is 182 g/mol. The summed E-state index contributed by atoms with van der Waals surface area (Å²) in [6.45, 7) is 4.11. The largest absolute Gasteiger partial charge is 1.00 e. The third kappa shape index (κ3) is 6.13. The summed E-state index contributed by atoms with van der Waals surface area (Å²) in [5.74, 6) is 0.287. The predicted molar refractivity (Wildman–Crippen MR) is 38.1 cm³/mol. The molecule has 11 heavy (non-hydrogen) atoms. The Hall–Kier alpha value is -0.280. The van der Waals surface area contributed by atoms with Crippen molar-refractivity contribution in [3.8, 4) is 0 Å². The van der Waals surface area contributed by atoms with Gasteiger partial charge in [0.1, 0.15) is 0 Å². The molecule has 0 spiro atoms. The van der Waals surface area contributed by atoms with Crippen LogP contribution in [0, 0.1) is 5.92 Å². The van der Waals surface area contributed by atoms with Gasteiger partial charge in [-0.1, -0.05) is 13.8 Å². The number of carbonyl (C=O) groups is 1. The van der Waals surface area contributed by atoms with Gasteiger partial charge in [-0.25, -0.2) is 4.79 Å². The lowest BCUT2D eigenvalue weighted by molar-refractivity contribution is -0.410. The van der Waals surface area contributed by atoms with Crippen molar-refractivity contribution < 1.29 is 27.7 Å². The molecule has 68 valence electrons. The molecule has 0 saturated carbocycles. The summed E-state index contributed by atoms with van der Waals surface area (Å²) in [4.78, 5) is 10.8. The lowest BCUT2D eigenvalue weighted by Crippen LogP contribution is -3.00. The summed E-state index contributed by atoms with van der Waals surface area (Å²) >= 11 is 0. The Bertz CT molecular complexity index is 117. The number of halogens is 1. The first-order valence-electron chi connectivity index (χ1n) is 3.48. The predicted octanol–water partition coefficient (Wildman–Crippen LogP) is -3.18. The van der Waals surface area contributed by atoms with Gasteiger partial charge < -0.3 is 22.9 Å². The Kier molecular flexibility index (Phi) is 7.79. The molecule has 0 aromatic rings. The van der Waals surface area contributed by atoms with Crippen molar-refractivity contribution >= 4 is 5.97 Å². The van der Waals surface area contributed by atoms with E-state index in [0.29, 0.717) is 5.92 Å². The summed E-state index contributed by atoms with van der Waals surface area (Å²) in [5, 5.41) is 0. The van der Waals surface area contributed by atoms with Crippen LogP contribution in [-0.4, -0.2) is 19.1 Å². The van der Waals surface area contributed by atoms with Crippen LogP contribution in [0.1, 0.15) is 20.3 Å². The lowest BCUT2D eigenvalue weighted by atomic mass is 10.1. The van der Waals surface area contributed by atoms with Gasteiger partial charge in [0.05, 0.1) is 7.11 Å². The topological polar surface area (TPSA) is 53.9 Å². The third-order valence-electron chi connectivity index (χ3n) is 1.29. The van der Waals surface area contributed by atoms with E-state index < -0.39 is 0 Å². The fraction of sp³-hybridized carbons (Fsp3) is 0.857. The minimum Gasteiger partial charge on any atom is -1.00 e. The van der Waals surface area contributed by atoms with Crippen molar-refractivity contribution in [2.75, 3.05) is 7.11 Å². The molecule has 0 bridgehead atoms. The van der Waals surface area contributed by atoms with Gasteiger partial charge in [-0.2, -0.15) is 0 Å². The number of esters is 1. The molecule has 1 atom stereocenters. The average Bonchev–Trinajstić information content (AvgIpc) is 1.85. The van der Waals surface area contributed by atoms with Gasteiger partial charge in [0.25, 0.3) is 0 Å². The zero-order valence-corrected chi connectivity index (χ0v) is 8.02. The van der Waals surface area contributed by atoms with Gasteiger partial charge in [0, 0.05) is 6.42 Å². The van der Waals surface area contributed by atoms with Crippen molar-refractivity contribution in [2.24, 2.45) is 5.92 Å². The van der Waals surface area contributed by atoms with Crippen LogP contribution in [0.2, 0.25) is 0 Å². The van der Waals surface area contributed by atoms with Crippen molar-refractivity contribution in [1.82, 2.24) is 0 Å². The van der Waals surface area contributed by atoms with Gasteiger partial charge >= 0.3 is 5.97 Å². The number of rotatable bonds is 3.